The number of hydrogen-bond acceptors (Lipinski definition) is 7. The second-order valence-electron chi connectivity index (χ2n) is 6.63. The molecule has 3 rings (SSSR count). The topological polar surface area (TPSA) is 62.3 Å². The minimum Gasteiger partial charge on any atom is -0.494 e. The van der Waals surface area contributed by atoms with Gasteiger partial charge in [0, 0.05) is 13.1 Å². The Morgan fingerprint density at radius 1 is 1.15 bits per heavy atom. The van der Waals surface area contributed by atoms with Crippen molar-refractivity contribution in [2.45, 2.75) is 32.2 Å². The average Bonchev–Trinajstić information content (AvgIpc) is 3.14. The normalized spacial score (nSPS) is 14.5. The van der Waals surface area contributed by atoms with E-state index in [4.69, 9.17) is 11.2 Å². The van der Waals surface area contributed by atoms with E-state index in [1.54, 1.807) is 0 Å². The van der Waals surface area contributed by atoms with Crippen LogP contribution in [0.3, 0.4) is 0 Å². The van der Waals surface area contributed by atoms with Crippen LogP contribution in [0.4, 0.5) is 11.6 Å². The molecule has 0 spiro atoms. The third-order valence-corrected chi connectivity index (χ3v) is 5.01. The molecule has 144 valence electrons. The molecule has 1 saturated heterocycles. The largest absolute Gasteiger partial charge is 0.494 e. The Morgan fingerprint density at radius 3 is 2.78 bits per heavy atom. The van der Waals surface area contributed by atoms with Crippen molar-refractivity contribution in [3.8, 4) is 18.1 Å². The van der Waals surface area contributed by atoms with E-state index in [1.807, 2.05) is 6.07 Å². The first kappa shape index (κ1) is 19.5. The number of nitrogens with zero attached hydrogens (tertiary/aromatic N) is 3. The van der Waals surface area contributed by atoms with E-state index in [0.29, 0.717) is 19.0 Å². The van der Waals surface area contributed by atoms with E-state index >= 15 is 0 Å². The molecule has 0 bridgehead atoms. The van der Waals surface area contributed by atoms with E-state index in [-0.39, 0.29) is 0 Å². The van der Waals surface area contributed by atoms with Gasteiger partial charge >= 0.3 is 0 Å². The van der Waals surface area contributed by atoms with Crippen LogP contribution in [0.15, 0.2) is 24.3 Å². The molecule has 0 amide bonds. The summed E-state index contributed by atoms with van der Waals surface area (Å²) < 4.78 is 14.3. The van der Waals surface area contributed by atoms with Crippen LogP contribution >= 0.6 is 11.7 Å². The Balaban J connectivity index is 1.37. The van der Waals surface area contributed by atoms with Crippen LogP contribution in [-0.4, -0.2) is 46.4 Å². The smallest absolute Gasteiger partial charge is 0.185 e. The third kappa shape index (κ3) is 6.42. The molecule has 1 aromatic carbocycles. The lowest BCUT2D eigenvalue weighted by atomic mass is 10.1. The van der Waals surface area contributed by atoms with Gasteiger partial charge in [0.1, 0.15) is 5.75 Å². The molecule has 0 atom stereocenters. The second kappa shape index (κ2) is 10.8. The van der Waals surface area contributed by atoms with Crippen LogP contribution in [0.1, 0.15) is 31.2 Å². The first-order valence-electron chi connectivity index (χ1n) is 9.53. The minimum atomic E-state index is 0.441. The number of ether oxygens (including phenoxy) is 1. The molecule has 1 aliphatic rings. The zero-order valence-electron chi connectivity index (χ0n) is 15.6. The van der Waals surface area contributed by atoms with E-state index in [1.165, 1.54) is 37.9 Å². The van der Waals surface area contributed by atoms with Crippen molar-refractivity contribution in [1.29, 1.82) is 0 Å². The maximum absolute atomic E-state index is 5.92. The van der Waals surface area contributed by atoms with Gasteiger partial charge in [-0.15, -0.1) is 6.42 Å². The van der Waals surface area contributed by atoms with Crippen molar-refractivity contribution in [1.82, 2.24) is 13.6 Å². The van der Waals surface area contributed by atoms with Crippen LogP contribution in [0.5, 0.6) is 5.75 Å². The van der Waals surface area contributed by atoms with E-state index in [0.717, 1.165) is 42.8 Å². The molecule has 2 N–H and O–H groups in total. The summed E-state index contributed by atoms with van der Waals surface area (Å²) in [5, 5.41) is 6.33. The lowest BCUT2D eigenvalue weighted by Gasteiger charge is -2.26. The number of likely N-dealkylation sites (tertiary alicyclic amines) is 1. The van der Waals surface area contributed by atoms with Gasteiger partial charge in [-0.25, -0.2) is 0 Å². The molecule has 7 heteroatoms. The SMILES string of the molecule is C#CCNc1nsnc1NCCCOc1cccc(CN2CCCCC2)c1. The van der Waals surface area contributed by atoms with Gasteiger partial charge in [0.25, 0.3) is 0 Å². The van der Waals surface area contributed by atoms with Gasteiger partial charge in [0.2, 0.25) is 0 Å². The molecule has 27 heavy (non-hydrogen) atoms. The number of terminal acetylenes is 1. The van der Waals surface area contributed by atoms with Crippen LogP contribution in [0.2, 0.25) is 0 Å². The van der Waals surface area contributed by atoms with Gasteiger partial charge in [-0.2, -0.15) is 8.75 Å². The Kier molecular flexibility index (Phi) is 7.75. The fourth-order valence-electron chi connectivity index (χ4n) is 3.13. The lowest BCUT2D eigenvalue weighted by molar-refractivity contribution is 0.220. The molecule has 0 unspecified atom stereocenters. The predicted octanol–water partition coefficient (Wildman–Crippen LogP) is 3.45. The maximum Gasteiger partial charge on any atom is 0.185 e. The second-order valence-corrected chi connectivity index (χ2v) is 7.16. The fraction of sp³-hybridized carbons (Fsp3) is 0.500. The van der Waals surface area contributed by atoms with Crippen LogP contribution in [0, 0.1) is 12.3 Å². The molecular formula is C20H27N5OS. The lowest BCUT2D eigenvalue weighted by Crippen LogP contribution is -2.29. The van der Waals surface area contributed by atoms with Crippen molar-refractivity contribution in [3.05, 3.63) is 29.8 Å². The van der Waals surface area contributed by atoms with Crippen molar-refractivity contribution in [2.75, 3.05) is 43.4 Å². The Hall–Kier alpha value is -2.30. The number of piperidine rings is 1. The molecule has 1 aliphatic heterocycles. The highest BCUT2D eigenvalue weighted by molar-refractivity contribution is 6.99. The summed E-state index contributed by atoms with van der Waals surface area (Å²) in [5.41, 5.74) is 1.32. The summed E-state index contributed by atoms with van der Waals surface area (Å²) in [6.45, 7) is 5.30. The summed E-state index contributed by atoms with van der Waals surface area (Å²) >= 11 is 1.16. The Labute approximate surface area is 165 Å². The highest BCUT2D eigenvalue weighted by atomic mass is 32.1. The van der Waals surface area contributed by atoms with Gasteiger partial charge in [-0.05, 0) is 50.0 Å². The molecule has 0 saturated carbocycles. The van der Waals surface area contributed by atoms with Gasteiger partial charge in [0.05, 0.1) is 24.9 Å². The molecular weight excluding hydrogens is 358 g/mol. The molecule has 1 fully saturated rings. The summed E-state index contributed by atoms with van der Waals surface area (Å²) in [6.07, 6.45) is 10.1. The molecule has 1 aromatic heterocycles. The fourth-order valence-corrected chi connectivity index (χ4v) is 3.64. The average molecular weight is 386 g/mol. The minimum absolute atomic E-state index is 0.441. The number of rotatable bonds is 10. The van der Waals surface area contributed by atoms with Crippen molar-refractivity contribution < 1.29 is 4.74 Å². The van der Waals surface area contributed by atoms with E-state index < -0.39 is 0 Å². The van der Waals surface area contributed by atoms with Gasteiger partial charge < -0.3 is 15.4 Å². The van der Waals surface area contributed by atoms with Crippen LogP contribution in [0.25, 0.3) is 0 Å². The van der Waals surface area contributed by atoms with Gasteiger partial charge in [0.15, 0.2) is 11.6 Å². The number of hydrogen-bond donors (Lipinski definition) is 2. The van der Waals surface area contributed by atoms with Crippen molar-refractivity contribution in [2.24, 2.45) is 0 Å². The van der Waals surface area contributed by atoms with E-state index in [2.05, 4.69) is 48.4 Å². The molecule has 2 heterocycles. The maximum atomic E-state index is 5.92. The summed E-state index contributed by atoms with van der Waals surface area (Å²) in [6, 6.07) is 8.45. The van der Waals surface area contributed by atoms with Crippen LogP contribution in [-0.2, 0) is 6.54 Å². The number of nitrogens with one attached hydrogen (secondary N) is 2. The molecule has 0 aliphatic carbocycles. The Bertz CT molecular complexity index is 736. The number of aromatic nitrogens is 2. The zero-order chi connectivity index (χ0) is 18.7. The quantitative estimate of drug-likeness (QED) is 0.482. The van der Waals surface area contributed by atoms with Gasteiger partial charge in [-0.1, -0.05) is 24.5 Å². The number of benzene rings is 1. The standard InChI is InChI=1S/C20H27N5OS/c1-2-10-21-19-20(24-27-23-19)22-11-7-14-26-18-9-6-8-17(15-18)16-25-12-4-3-5-13-25/h1,6,8-9,15H,3-5,7,10-14,16H2,(H,21,23)(H,22,24). The number of anilines is 2. The van der Waals surface area contributed by atoms with Gasteiger partial charge in [-0.3, -0.25) is 4.90 Å². The third-order valence-electron chi connectivity index (χ3n) is 4.48. The van der Waals surface area contributed by atoms with E-state index in [9.17, 15) is 0 Å². The Morgan fingerprint density at radius 2 is 1.96 bits per heavy atom. The van der Waals surface area contributed by atoms with Crippen molar-refractivity contribution >= 4 is 23.4 Å². The van der Waals surface area contributed by atoms with Crippen LogP contribution < -0.4 is 15.4 Å². The summed E-state index contributed by atoms with van der Waals surface area (Å²) in [4.78, 5) is 2.53. The summed E-state index contributed by atoms with van der Waals surface area (Å²) in [7, 11) is 0. The predicted molar refractivity (Wildman–Crippen MR) is 111 cm³/mol. The van der Waals surface area contributed by atoms with Crippen molar-refractivity contribution in [3.63, 3.8) is 0 Å². The first-order valence-corrected chi connectivity index (χ1v) is 10.3. The summed E-state index contributed by atoms with van der Waals surface area (Å²) in [5.74, 6) is 4.93. The molecule has 6 nitrogen and oxygen atoms in total. The monoisotopic (exact) mass is 385 g/mol. The molecule has 2 aromatic rings. The zero-order valence-corrected chi connectivity index (χ0v) is 16.4. The highest BCUT2D eigenvalue weighted by Crippen LogP contribution is 2.19. The molecule has 0 radical (unpaired) electrons. The highest BCUT2D eigenvalue weighted by Gasteiger charge is 2.10. The first-order chi connectivity index (χ1) is 13.3.